The molecule has 1 aliphatic heterocycles. The van der Waals surface area contributed by atoms with Gasteiger partial charge >= 0.3 is 0 Å². The molecule has 0 amide bonds. The van der Waals surface area contributed by atoms with Gasteiger partial charge in [0.2, 0.25) is 0 Å². The first-order valence-electron chi connectivity index (χ1n) is 4.05. The lowest BCUT2D eigenvalue weighted by Gasteiger charge is -2.17. The molecule has 1 rings (SSSR count). The molecule has 1 saturated heterocycles. The number of rotatable bonds is 6. The Labute approximate surface area is 109 Å². The Morgan fingerprint density at radius 2 is 1.69 bits per heavy atom. The van der Waals surface area contributed by atoms with Gasteiger partial charge in [0.1, 0.15) is 0 Å². The maximum atomic E-state index is 4.26. The van der Waals surface area contributed by atoms with E-state index >= 15 is 0 Å². The molecular weight excluding hydrogens is 276 g/mol. The Bertz CT molecular complexity index is 118. The van der Waals surface area contributed by atoms with Crippen LogP contribution in [-0.2, 0) is 0 Å². The predicted octanol–water partition coefficient (Wildman–Crippen LogP) is 3.75. The highest BCUT2D eigenvalue weighted by Gasteiger charge is 2.21. The second-order valence-electron chi connectivity index (χ2n) is 2.43. The monoisotopic (exact) mass is 290 g/mol. The largest absolute Gasteiger partial charge is 0.168 e. The fourth-order valence-corrected chi connectivity index (χ4v) is 7.92. The van der Waals surface area contributed by atoms with Gasteiger partial charge in [-0.2, -0.15) is 25.3 Å². The van der Waals surface area contributed by atoms with Crippen LogP contribution >= 0.6 is 72.3 Å². The van der Waals surface area contributed by atoms with E-state index in [1.165, 1.54) is 17.9 Å². The molecule has 0 aromatic carbocycles. The summed E-state index contributed by atoms with van der Waals surface area (Å²) >= 11 is 16.6. The van der Waals surface area contributed by atoms with Gasteiger partial charge < -0.3 is 0 Å². The van der Waals surface area contributed by atoms with Crippen LogP contribution in [0.25, 0.3) is 0 Å². The molecule has 78 valence electrons. The van der Waals surface area contributed by atoms with E-state index in [4.69, 9.17) is 0 Å². The van der Waals surface area contributed by atoms with Gasteiger partial charge in [-0.25, -0.2) is 0 Å². The third kappa shape index (κ3) is 5.66. The fraction of sp³-hybridized carbons (Fsp3) is 1.00. The molecule has 0 N–H and O–H groups in total. The first-order valence-corrected chi connectivity index (χ1v) is 9.51. The van der Waals surface area contributed by atoms with Crippen molar-refractivity contribution in [3.63, 3.8) is 0 Å². The zero-order valence-electron chi connectivity index (χ0n) is 7.22. The van der Waals surface area contributed by atoms with Gasteiger partial charge in [0.05, 0.1) is 9.16 Å². The first kappa shape index (κ1) is 13.2. The Hall–Kier alpha value is 2.10. The molecule has 1 aliphatic rings. The zero-order valence-corrected chi connectivity index (χ0v) is 12.3. The Balaban J connectivity index is 2.19. The fourth-order valence-electron chi connectivity index (χ4n) is 1.05. The molecule has 13 heavy (non-hydrogen) atoms. The van der Waals surface area contributed by atoms with Crippen LogP contribution < -0.4 is 0 Å². The van der Waals surface area contributed by atoms with Crippen molar-refractivity contribution in [1.29, 1.82) is 0 Å². The van der Waals surface area contributed by atoms with E-state index in [0.29, 0.717) is 4.58 Å². The minimum absolute atomic E-state index is 0.693. The van der Waals surface area contributed by atoms with E-state index in [2.05, 4.69) is 48.8 Å². The van der Waals surface area contributed by atoms with Crippen LogP contribution in [0, 0.1) is 0 Å². The number of hydrogen-bond acceptors (Lipinski definition) is 6. The van der Waals surface area contributed by atoms with E-state index < -0.39 is 0 Å². The molecule has 0 saturated carbocycles. The van der Waals surface area contributed by atoms with Crippen LogP contribution in [0.1, 0.15) is 6.42 Å². The summed E-state index contributed by atoms with van der Waals surface area (Å²) in [6, 6.07) is 0. The van der Waals surface area contributed by atoms with Crippen molar-refractivity contribution in [3.8, 4) is 0 Å². The first-order chi connectivity index (χ1) is 6.36. The Morgan fingerprint density at radius 3 is 2.15 bits per heavy atom. The van der Waals surface area contributed by atoms with Crippen molar-refractivity contribution < 1.29 is 0 Å². The second kappa shape index (κ2) is 8.28. The molecule has 0 aliphatic carbocycles. The highest BCUT2D eigenvalue weighted by atomic mass is 32.2. The third-order valence-electron chi connectivity index (χ3n) is 1.60. The quantitative estimate of drug-likeness (QED) is 0.564. The predicted molar refractivity (Wildman–Crippen MR) is 80.0 cm³/mol. The highest BCUT2D eigenvalue weighted by molar-refractivity contribution is 8.23. The molecule has 0 spiro atoms. The summed E-state index contributed by atoms with van der Waals surface area (Å²) < 4.78 is 1.52. The number of thioether (sulfide) groups is 4. The summed E-state index contributed by atoms with van der Waals surface area (Å²) in [7, 11) is 0. The van der Waals surface area contributed by atoms with Crippen LogP contribution in [-0.4, -0.2) is 30.8 Å². The van der Waals surface area contributed by atoms with E-state index in [1.54, 1.807) is 0 Å². The standard InChI is InChI=1S/C7H14S6/c8-4-12-7(13-5-9)3-6-10-1-2-11-6/h6-9H,1-5H2. The van der Waals surface area contributed by atoms with Crippen molar-refractivity contribution in [2.75, 3.05) is 21.7 Å². The second-order valence-corrected chi connectivity index (χ2v) is 9.52. The summed E-state index contributed by atoms with van der Waals surface area (Å²) in [6.45, 7) is 0. The van der Waals surface area contributed by atoms with Gasteiger partial charge in [-0.15, -0.1) is 47.0 Å². The van der Waals surface area contributed by atoms with Crippen LogP contribution in [0.15, 0.2) is 0 Å². The summed E-state index contributed by atoms with van der Waals surface area (Å²) in [5.74, 6) is 2.66. The topological polar surface area (TPSA) is 0 Å². The molecular formula is C7H14S6. The molecule has 1 heterocycles. The van der Waals surface area contributed by atoms with Gasteiger partial charge in [0.25, 0.3) is 0 Å². The van der Waals surface area contributed by atoms with Crippen LogP contribution in [0.5, 0.6) is 0 Å². The SMILES string of the molecule is SCSC(CC1SCCS1)SCS. The van der Waals surface area contributed by atoms with Crippen LogP contribution in [0.3, 0.4) is 0 Å². The van der Waals surface area contributed by atoms with Crippen molar-refractivity contribution in [3.05, 3.63) is 0 Å². The average Bonchev–Trinajstić information content (AvgIpc) is 2.58. The lowest BCUT2D eigenvalue weighted by Crippen LogP contribution is -2.05. The maximum Gasteiger partial charge on any atom is 0.0537 e. The van der Waals surface area contributed by atoms with E-state index in [-0.39, 0.29) is 0 Å². The van der Waals surface area contributed by atoms with Gasteiger partial charge in [-0.3, -0.25) is 0 Å². The lowest BCUT2D eigenvalue weighted by molar-refractivity contribution is 1.04. The molecule has 6 heteroatoms. The molecule has 0 aromatic rings. The average molecular weight is 291 g/mol. The van der Waals surface area contributed by atoms with E-state index in [0.717, 1.165) is 14.8 Å². The van der Waals surface area contributed by atoms with Crippen LogP contribution in [0.4, 0.5) is 0 Å². The van der Waals surface area contributed by atoms with Gasteiger partial charge in [0.15, 0.2) is 0 Å². The van der Waals surface area contributed by atoms with Gasteiger partial charge in [-0.05, 0) is 6.42 Å². The highest BCUT2D eigenvalue weighted by Crippen LogP contribution is 2.40. The molecule has 0 nitrogen and oxygen atoms in total. The zero-order chi connectivity index (χ0) is 9.52. The molecule has 0 bridgehead atoms. The van der Waals surface area contributed by atoms with Crippen LogP contribution in [0.2, 0.25) is 0 Å². The van der Waals surface area contributed by atoms with Crippen molar-refractivity contribution in [1.82, 2.24) is 0 Å². The summed E-state index contributed by atoms with van der Waals surface area (Å²) in [5.41, 5.74) is 0. The maximum absolute atomic E-state index is 4.26. The van der Waals surface area contributed by atoms with Gasteiger partial charge in [-0.1, -0.05) is 0 Å². The van der Waals surface area contributed by atoms with Crippen molar-refractivity contribution in [2.45, 2.75) is 15.6 Å². The lowest BCUT2D eigenvalue weighted by atomic mass is 10.5. The van der Waals surface area contributed by atoms with Crippen molar-refractivity contribution in [2.24, 2.45) is 0 Å². The van der Waals surface area contributed by atoms with Crippen molar-refractivity contribution >= 4 is 72.3 Å². The van der Waals surface area contributed by atoms with Gasteiger partial charge in [0, 0.05) is 21.7 Å². The van der Waals surface area contributed by atoms with E-state index in [1.807, 2.05) is 23.5 Å². The molecule has 0 atom stereocenters. The summed E-state index contributed by atoms with van der Waals surface area (Å²) in [4.78, 5) is 0. The Morgan fingerprint density at radius 1 is 1.15 bits per heavy atom. The normalized spacial score (nSPS) is 18.7. The summed E-state index contributed by atoms with van der Waals surface area (Å²) in [5, 5.41) is 1.85. The number of hydrogen-bond donors (Lipinski definition) is 2. The molecule has 0 aromatic heterocycles. The minimum Gasteiger partial charge on any atom is -0.168 e. The Kier molecular flexibility index (Phi) is 8.38. The van der Waals surface area contributed by atoms with E-state index in [9.17, 15) is 0 Å². The number of thiol groups is 2. The molecule has 1 fully saturated rings. The smallest absolute Gasteiger partial charge is 0.0537 e. The molecule has 0 radical (unpaired) electrons. The third-order valence-corrected chi connectivity index (χ3v) is 7.82. The molecule has 0 unspecified atom stereocenters. The summed E-state index contributed by atoms with van der Waals surface area (Å²) in [6.07, 6.45) is 1.30. The minimum atomic E-state index is 0.693.